The van der Waals surface area contributed by atoms with Gasteiger partial charge in [0, 0.05) is 0 Å². The van der Waals surface area contributed by atoms with Crippen LogP contribution in [0.1, 0.15) is 19.8 Å². The van der Waals surface area contributed by atoms with E-state index >= 15 is 0 Å². The number of rotatable bonds is 5. The van der Waals surface area contributed by atoms with Gasteiger partial charge in [0.2, 0.25) is 0 Å². The number of sulfone groups is 1. The summed E-state index contributed by atoms with van der Waals surface area (Å²) < 4.78 is 22.0. The van der Waals surface area contributed by atoms with Gasteiger partial charge in [-0.3, -0.25) is 0 Å². The molecule has 1 atom stereocenters. The van der Waals surface area contributed by atoms with Crippen LogP contribution in [0.3, 0.4) is 0 Å². The molecule has 0 saturated heterocycles. The highest BCUT2D eigenvalue weighted by Gasteiger charge is 2.21. The molecule has 4 nitrogen and oxygen atoms in total. The third kappa shape index (κ3) is 3.18. The Kier molecular flexibility index (Phi) is 4.63. The fraction of sp³-hybridized carbons (Fsp3) is 1.00. The predicted octanol–water partition coefficient (Wildman–Crippen LogP) is -0.522. The Morgan fingerprint density at radius 1 is 1.55 bits per heavy atom. The molecule has 68 valence electrons. The zero-order valence-corrected chi connectivity index (χ0v) is 7.47. The lowest BCUT2D eigenvalue weighted by Crippen LogP contribution is -2.25. The Morgan fingerprint density at radius 3 is 2.36 bits per heavy atom. The maximum absolute atomic E-state index is 11.0. The second-order valence-electron chi connectivity index (χ2n) is 2.40. The minimum absolute atomic E-state index is 0.345. The van der Waals surface area contributed by atoms with E-state index in [1.807, 2.05) is 0 Å². The van der Waals surface area contributed by atoms with Gasteiger partial charge in [-0.05, 0) is 19.4 Å². The highest BCUT2D eigenvalue weighted by Crippen LogP contribution is 2.09. The highest BCUT2D eigenvalue weighted by atomic mass is 32.2. The lowest BCUT2D eigenvalue weighted by molar-refractivity contribution is 0.355. The molecule has 0 aliphatic rings. The van der Waals surface area contributed by atoms with E-state index in [1.165, 1.54) is 0 Å². The van der Waals surface area contributed by atoms with Gasteiger partial charge >= 0.3 is 0 Å². The molecule has 0 aliphatic carbocycles. The molecule has 0 radical (unpaired) electrons. The smallest absolute Gasteiger partial charge is 0.176 e. The van der Waals surface area contributed by atoms with Gasteiger partial charge in [-0.1, -0.05) is 6.92 Å². The normalized spacial score (nSPS) is 14.8. The van der Waals surface area contributed by atoms with E-state index in [0.29, 0.717) is 19.4 Å². The third-order valence-electron chi connectivity index (χ3n) is 1.63. The first kappa shape index (κ1) is 10.9. The molecule has 1 unspecified atom stereocenters. The number of hydrogen-bond donors (Lipinski definition) is 2. The summed E-state index contributed by atoms with van der Waals surface area (Å²) in [4.78, 5) is 0. The summed E-state index contributed by atoms with van der Waals surface area (Å²) in [6.45, 7) is 2.12. The average Bonchev–Trinajstić information content (AvgIpc) is 2.00. The van der Waals surface area contributed by atoms with Crippen LogP contribution in [0.5, 0.6) is 0 Å². The van der Waals surface area contributed by atoms with Crippen LogP contribution in [0.15, 0.2) is 0 Å². The summed E-state index contributed by atoms with van der Waals surface area (Å²) >= 11 is 0. The van der Waals surface area contributed by atoms with Crippen molar-refractivity contribution in [3.63, 3.8) is 0 Å². The van der Waals surface area contributed by atoms with Crippen LogP contribution >= 0.6 is 0 Å². The summed E-state index contributed by atoms with van der Waals surface area (Å²) in [7, 11) is -3.30. The van der Waals surface area contributed by atoms with Crippen LogP contribution in [-0.4, -0.2) is 31.3 Å². The quantitative estimate of drug-likeness (QED) is 0.598. The topological polar surface area (TPSA) is 80.4 Å². The largest absolute Gasteiger partial charge is 0.380 e. The zero-order valence-electron chi connectivity index (χ0n) is 6.66. The van der Waals surface area contributed by atoms with Crippen molar-refractivity contribution in [2.24, 2.45) is 5.73 Å². The molecule has 0 rings (SSSR count). The summed E-state index contributed by atoms with van der Waals surface area (Å²) in [6.07, 6.45) is 0.944. The molecule has 0 heterocycles. The van der Waals surface area contributed by atoms with Gasteiger partial charge in [-0.2, -0.15) is 0 Å². The van der Waals surface area contributed by atoms with Crippen LogP contribution < -0.4 is 5.73 Å². The summed E-state index contributed by atoms with van der Waals surface area (Å²) in [5.41, 5.74) is 5.21. The molecule has 0 bridgehead atoms. The Hall–Kier alpha value is -0.130. The summed E-state index contributed by atoms with van der Waals surface area (Å²) in [5.74, 6) is -0.772. The molecule has 0 aromatic heterocycles. The number of nitrogens with two attached hydrogens (primary N) is 1. The van der Waals surface area contributed by atoms with Crippen LogP contribution in [0, 0.1) is 0 Å². The summed E-state index contributed by atoms with van der Waals surface area (Å²) in [5, 5.41) is 8.02. The van der Waals surface area contributed by atoms with E-state index in [0.717, 1.165) is 0 Å². The Bertz CT molecular complexity index is 188. The Balaban J connectivity index is 4.25. The molecule has 3 N–H and O–H groups in total. The van der Waals surface area contributed by atoms with Crippen molar-refractivity contribution in [3.05, 3.63) is 0 Å². The van der Waals surface area contributed by atoms with Gasteiger partial charge in [0.25, 0.3) is 0 Å². The van der Waals surface area contributed by atoms with E-state index in [1.54, 1.807) is 6.92 Å². The van der Waals surface area contributed by atoms with Crippen molar-refractivity contribution in [3.8, 4) is 0 Å². The first-order valence-corrected chi connectivity index (χ1v) is 5.32. The lowest BCUT2D eigenvalue weighted by Gasteiger charge is -2.11. The monoisotopic (exact) mass is 181 g/mol. The van der Waals surface area contributed by atoms with Gasteiger partial charge in [-0.25, -0.2) is 8.42 Å². The van der Waals surface area contributed by atoms with Gasteiger partial charge in [0.15, 0.2) is 9.84 Å². The minimum atomic E-state index is -3.30. The van der Waals surface area contributed by atoms with Crippen molar-refractivity contribution in [1.29, 1.82) is 0 Å². The van der Waals surface area contributed by atoms with Crippen LogP contribution in [0.2, 0.25) is 0 Å². The zero-order chi connectivity index (χ0) is 8.91. The number of aliphatic hydroxyl groups is 1. The SMILES string of the molecule is CCC(CCN)S(=O)(=O)CO. The van der Waals surface area contributed by atoms with Gasteiger partial charge in [-0.15, -0.1) is 0 Å². The van der Waals surface area contributed by atoms with E-state index in [2.05, 4.69) is 0 Å². The molecule has 0 amide bonds. The lowest BCUT2D eigenvalue weighted by atomic mass is 10.2. The minimum Gasteiger partial charge on any atom is -0.380 e. The number of aliphatic hydroxyl groups excluding tert-OH is 1. The molecule has 0 saturated carbocycles. The maximum Gasteiger partial charge on any atom is 0.176 e. The Morgan fingerprint density at radius 2 is 2.09 bits per heavy atom. The Labute approximate surface area is 67.3 Å². The standard InChI is InChI=1S/C6H15NO3S/c1-2-6(3-4-7)11(9,10)5-8/h6,8H,2-5,7H2,1H3. The summed E-state index contributed by atoms with van der Waals surface area (Å²) in [6, 6.07) is 0. The highest BCUT2D eigenvalue weighted by molar-refractivity contribution is 7.91. The molecule has 0 aromatic carbocycles. The van der Waals surface area contributed by atoms with Crippen LogP contribution in [0.4, 0.5) is 0 Å². The molecular weight excluding hydrogens is 166 g/mol. The van der Waals surface area contributed by atoms with E-state index < -0.39 is 21.0 Å². The molecule has 0 spiro atoms. The molecule has 0 fully saturated rings. The second kappa shape index (κ2) is 4.69. The van der Waals surface area contributed by atoms with Crippen molar-refractivity contribution in [2.75, 3.05) is 12.5 Å². The molecule has 0 aliphatic heterocycles. The van der Waals surface area contributed by atoms with Crippen LogP contribution in [-0.2, 0) is 9.84 Å². The van der Waals surface area contributed by atoms with Crippen molar-refractivity contribution in [1.82, 2.24) is 0 Å². The second-order valence-corrected chi connectivity index (χ2v) is 4.65. The van der Waals surface area contributed by atoms with Crippen LogP contribution in [0.25, 0.3) is 0 Å². The first-order valence-electron chi connectivity index (χ1n) is 3.61. The maximum atomic E-state index is 11.0. The van der Waals surface area contributed by atoms with Crippen molar-refractivity contribution in [2.45, 2.75) is 25.0 Å². The van der Waals surface area contributed by atoms with E-state index in [4.69, 9.17) is 10.8 Å². The van der Waals surface area contributed by atoms with Gasteiger partial charge < -0.3 is 10.8 Å². The third-order valence-corrected chi connectivity index (χ3v) is 3.58. The molecular formula is C6H15NO3S. The first-order chi connectivity index (χ1) is 5.08. The predicted molar refractivity (Wildman–Crippen MR) is 43.8 cm³/mol. The molecule has 5 heteroatoms. The van der Waals surface area contributed by atoms with Gasteiger partial charge in [0.05, 0.1) is 5.25 Å². The van der Waals surface area contributed by atoms with Crippen molar-refractivity contribution >= 4 is 9.84 Å². The van der Waals surface area contributed by atoms with Crippen molar-refractivity contribution < 1.29 is 13.5 Å². The van der Waals surface area contributed by atoms with E-state index in [-0.39, 0.29) is 0 Å². The van der Waals surface area contributed by atoms with E-state index in [9.17, 15) is 8.42 Å². The molecule has 0 aromatic rings. The molecule has 11 heavy (non-hydrogen) atoms. The average molecular weight is 181 g/mol. The fourth-order valence-corrected chi connectivity index (χ4v) is 2.14. The number of hydrogen-bond acceptors (Lipinski definition) is 4. The fourth-order valence-electron chi connectivity index (χ4n) is 0.929. The van der Waals surface area contributed by atoms with Gasteiger partial charge in [0.1, 0.15) is 5.94 Å².